The van der Waals surface area contributed by atoms with Gasteiger partial charge in [0.05, 0.1) is 0 Å². The van der Waals surface area contributed by atoms with Gasteiger partial charge >= 0.3 is 0 Å². The molecule has 1 unspecified atom stereocenters. The lowest BCUT2D eigenvalue weighted by Gasteiger charge is -2.16. The number of hydrogen-bond acceptors (Lipinski definition) is 4. The number of nitrogens with one attached hydrogen (secondary N) is 1. The highest BCUT2D eigenvalue weighted by molar-refractivity contribution is 5.54. The number of anilines is 2. The predicted molar refractivity (Wildman–Crippen MR) is 69.7 cm³/mol. The average Bonchev–Trinajstić information content (AvgIpc) is 2.36. The summed E-state index contributed by atoms with van der Waals surface area (Å²) in [7, 11) is 0. The lowest BCUT2D eigenvalue weighted by Crippen LogP contribution is -2.10. The summed E-state index contributed by atoms with van der Waals surface area (Å²) in [4.78, 5) is 8.15. The summed E-state index contributed by atoms with van der Waals surface area (Å²) in [5.74, 6) is 1.30. The van der Waals surface area contributed by atoms with Crippen molar-refractivity contribution >= 4 is 11.6 Å². The van der Waals surface area contributed by atoms with E-state index >= 15 is 0 Å². The molecular weight excluding hydrogens is 212 g/mol. The van der Waals surface area contributed by atoms with Gasteiger partial charge in [0.1, 0.15) is 18.0 Å². The molecular formula is C13H16N4. The van der Waals surface area contributed by atoms with Crippen molar-refractivity contribution in [2.24, 2.45) is 0 Å². The predicted octanol–water partition coefficient (Wildman–Crippen LogP) is 2.54. The quantitative estimate of drug-likeness (QED) is 0.847. The minimum atomic E-state index is 0.184. The Labute approximate surface area is 101 Å². The number of benzene rings is 1. The highest BCUT2D eigenvalue weighted by atomic mass is 15.0. The van der Waals surface area contributed by atoms with Gasteiger partial charge in [-0.25, -0.2) is 9.97 Å². The summed E-state index contributed by atoms with van der Waals surface area (Å²) in [5.41, 5.74) is 7.84. The average molecular weight is 228 g/mol. The van der Waals surface area contributed by atoms with Crippen LogP contribution in [0.1, 0.15) is 24.1 Å². The van der Waals surface area contributed by atoms with Crippen molar-refractivity contribution < 1.29 is 0 Å². The number of hydrogen-bond donors (Lipinski definition) is 2. The molecule has 0 amide bonds. The first-order valence-corrected chi connectivity index (χ1v) is 5.57. The highest BCUT2D eigenvalue weighted by Crippen LogP contribution is 2.21. The molecule has 3 N–H and O–H groups in total. The third kappa shape index (κ3) is 2.53. The summed E-state index contributed by atoms with van der Waals surface area (Å²) in [5, 5.41) is 3.34. The molecule has 0 aliphatic rings. The van der Waals surface area contributed by atoms with Crippen LogP contribution < -0.4 is 11.1 Å². The van der Waals surface area contributed by atoms with Crippen molar-refractivity contribution in [2.75, 3.05) is 11.1 Å². The molecule has 17 heavy (non-hydrogen) atoms. The summed E-state index contributed by atoms with van der Waals surface area (Å²) >= 11 is 0. The first kappa shape index (κ1) is 11.4. The summed E-state index contributed by atoms with van der Waals surface area (Å²) in [6, 6.07) is 10.4. The topological polar surface area (TPSA) is 63.8 Å². The molecule has 0 aliphatic heterocycles. The molecule has 0 saturated carbocycles. The summed E-state index contributed by atoms with van der Waals surface area (Å²) in [6.07, 6.45) is 1.47. The van der Waals surface area contributed by atoms with Gasteiger partial charge in [0.2, 0.25) is 0 Å². The van der Waals surface area contributed by atoms with E-state index in [1.54, 1.807) is 0 Å². The number of nitrogen functional groups attached to an aromatic ring is 1. The fraction of sp³-hybridized carbons (Fsp3) is 0.231. The normalized spacial score (nSPS) is 12.1. The van der Waals surface area contributed by atoms with Gasteiger partial charge in [0.15, 0.2) is 0 Å². The maximum Gasteiger partial charge on any atom is 0.134 e. The van der Waals surface area contributed by atoms with Gasteiger partial charge < -0.3 is 11.1 Å². The molecule has 1 aromatic carbocycles. The fourth-order valence-corrected chi connectivity index (χ4v) is 1.64. The Morgan fingerprint density at radius 1 is 1.18 bits per heavy atom. The largest absolute Gasteiger partial charge is 0.383 e. The van der Waals surface area contributed by atoms with Gasteiger partial charge in [-0.2, -0.15) is 0 Å². The van der Waals surface area contributed by atoms with E-state index in [9.17, 15) is 0 Å². The summed E-state index contributed by atoms with van der Waals surface area (Å²) in [6.45, 7) is 4.00. The number of aromatic nitrogens is 2. The highest BCUT2D eigenvalue weighted by Gasteiger charge is 2.09. The van der Waals surface area contributed by atoms with Crippen molar-refractivity contribution in [2.45, 2.75) is 19.9 Å². The lowest BCUT2D eigenvalue weighted by atomic mass is 10.1. The molecule has 0 aliphatic carbocycles. The first-order valence-electron chi connectivity index (χ1n) is 5.57. The number of nitrogens with two attached hydrogens (primary N) is 1. The third-order valence-electron chi connectivity index (χ3n) is 2.78. The zero-order valence-electron chi connectivity index (χ0n) is 10.0. The summed E-state index contributed by atoms with van der Waals surface area (Å²) < 4.78 is 0. The van der Waals surface area contributed by atoms with E-state index in [2.05, 4.69) is 34.3 Å². The minimum Gasteiger partial charge on any atom is -0.383 e. The second-order valence-electron chi connectivity index (χ2n) is 4.01. The third-order valence-corrected chi connectivity index (χ3v) is 2.78. The van der Waals surface area contributed by atoms with Gasteiger partial charge in [-0.1, -0.05) is 30.3 Å². The molecule has 0 spiro atoms. The molecule has 1 aromatic heterocycles. The van der Waals surface area contributed by atoms with Gasteiger partial charge in [-0.05, 0) is 19.4 Å². The number of nitrogens with zero attached hydrogens (tertiary/aromatic N) is 2. The van der Waals surface area contributed by atoms with Crippen molar-refractivity contribution in [1.82, 2.24) is 9.97 Å². The zero-order chi connectivity index (χ0) is 12.3. The molecule has 1 atom stereocenters. The molecule has 2 aromatic rings. The smallest absolute Gasteiger partial charge is 0.134 e. The van der Waals surface area contributed by atoms with Crippen LogP contribution in [0.15, 0.2) is 36.7 Å². The molecule has 0 bridgehead atoms. The van der Waals surface area contributed by atoms with Crippen molar-refractivity contribution in [3.05, 3.63) is 47.8 Å². The van der Waals surface area contributed by atoms with Gasteiger partial charge in [-0.15, -0.1) is 0 Å². The van der Waals surface area contributed by atoms with E-state index in [1.807, 2.05) is 25.1 Å². The Bertz CT molecular complexity index is 496. The van der Waals surface area contributed by atoms with Crippen LogP contribution in [0.2, 0.25) is 0 Å². The zero-order valence-corrected chi connectivity index (χ0v) is 10.0. The monoisotopic (exact) mass is 228 g/mol. The van der Waals surface area contributed by atoms with Crippen LogP contribution in [0.5, 0.6) is 0 Å². The fourth-order valence-electron chi connectivity index (χ4n) is 1.64. The van der Waals surface area contributed by atoms with E-state index in [4.69, 9.17) is 5.73 Å². The van der Waals surface area contributed by atoms with Crippen molar-refractivity contribution in [3.63, 3.8) is 0 Å². The standard InChI is InChI=1S/C13H16N4/c1-9-12(14)15-8-16-13(9)17-10(2)11-6-4-3-5-7-11/h3-8,10H,1-2H3,(H3,14,15,16,17). The molecule has 0 fully saturated rings. The molecule has 88 valence electrons. The maximum absolute atomic E-state index is 5.74. The van der Waals surface area contributed by atoms with E-state index in [0.29, 0.717) is 5.82 Å². The van der Waals surface area contributed by atoms with Crippen molar-refractivity contribution in [3.8, 4) is 0 Å². The molecule has 0 radical (unpaired) electrons. The van der Waals surface area contributed by atoms with E-state index in [-0.39, 0.29) is 6.04 Å². The molecule has 1 heterocycles. The maximum atomic E-state index is 5.74. The van der Waals surface area contributed by atoms with Gasteiger partial charge in [-0.3, -0.25) is 0 Å². The van der Waals surface area contributed by atoms with Gasteiger partial charge in [0, 0.05) is 11.6 Å². The van der Waals surface area contributed by atoms with Crippen LogP contribution in [-0.4, -0.2) is 9.97 Å². The SMILES string of the molecule is Cc1c(N)ncnc1NC(C)c1ccccc1. The van der Waals surface area contributed by atoms with E-state index < -0.39 is 0 Å². The molecule has 2 rings (SSSR count). The first-order chi connectivity index (χ1) is 8.18. The number of rotatable bonds is 3. The lowest BCUT2D eigenvalue weighted by molar-refractivity contribution is 0.869. The second kappa shape index (κ2) is 4.82. The van der Waals surface area contributed by atoms with Crippen molar-refractivity contribution in [1.29, 1.82) is 0 Å². The molecule has 4 heteroatoms. The van der Waals surface area contributed by atoms with Crippen LogP contribution >= 0.6 is 0 Å². The second-order valence-corrected chi connectivity index (χ2v) is 4.01. The molecule has 0 saturated heterocycles. The minimum absolute atomic E-state index is 0.184. The Kier molecular flexibility index (Phi) is 3.23. The van der Waals surface area contributed by atoms with Crippen LogP contribution in [0.3, 0.4) is 0 Å². The van der Waals surface area contributed by atoms with Crippen LogP contribution in [0, 0.1) is 6.92 Å². The Morgan fingerprint density at radius 2 is 1.88 bits per heavy atom. The van der Waals surface area contributed by atoms with E-state index in [1.165, 1.54) is 11.9 Å². The van der Waals surface area contributed by atoms with E-state index in [0.717, 1.165) is 11.4 Å². The van der Waals surface area contributed by atoms with Crippen LogP contribution in [0.4, 0.5) is 11.6 Å². The Morgan fingerprint density at radius 3 is 2.59 bits per heavy atom. The van der Waals surface area contributed by atoms with Crippen LogP contribution in [0.25, 0.3) is 0 Å². The Hall–Kier alpha value is -2.10. The Balaban J connectivity index is 2.19. The van der Waals surface area contributed by atoms with Crippen LogP contribution in [-0.2, 0) is 0 Å². The van der Waals surface area contributed by atoms with Gasteiger partial charge in [0.25, 0.3) is 0 Å². The molecule has 4 nitrogen and oxygen atoms in total.